The van der Waals surface area contributed by atoms with Crippen molar-refractivity contribution >= 4 is 29.0 Å². The quantitative estimate of drug-likeness (QED) is 0.522. The van der Waals surface area contributed by atoms with E-state index in [-0.39, 0.29) is 22.8 Å². The third-order valence-electron chi connectivity index (χ3n) is 2.14. The SMILES string of the molecule is CC(C(=O)NC1CNC(=O)C1)C(N)=S. The van der Waals surface area contributed by atoms with Crippen molar-refractivity contribution in [2.45, 2.75) is 19.4 Å². The van der Waals surface area contributed by atoms with Crippen LogP contribution in [0.5, 0.6) is 0 Å². The first-order chi connectivity index (χ1) is 6.50. The van der Waals surface area contributed by atoms with Gasteiger partial charge in [-0.1, -0.05) is 12.2 Å². The van der Waals surface area contributed by atoms with Crippen LogP contribution in [0, 0.1) is 5.92 Å². The van der Waals surface area contributed by atoms with Crippen LogP contribution >= 0.6 is 12.2 Å². The lowest BCUT2D eigenvalue weighted by Crippen LogP contribution is -2.42. The molecule has 1 aliphatic rings. The maximum atomic E-state index is 11.4. The van der Waals surface area contributed by atoms with Gasteiger partial charge in [-0.2, -0.15) is 0 Å². The van der Waals surface area contributed by atoms with E-state index in [9.17, 15) is 9.59 Å². The molecule has 2 unspecified atom stereocenters. The molecule has 0 aromatic rings. The zero-order valence-corrected chi connectivity index (χ0v) is 8.69. The second-order valence-electron chi connectivity index (χ2n) is 3.34. The second-order valence-corrected chi connectivity index (χ2v) is 3.81. The van der Waals surface area contributed by atoms with Gasteiger partial charge < -0.3 is 16.4 Å². The van der Waals surface area contributed by atoms with Crippen molar-refractivity contribution in [1.82, 2.24) is 10.6 Å². The average molecular weight is 215 g/mol. The van der Waals surface area contributed by atoms with Gasteiger partial charge >= 0.3 is 0 Å². The monoisotopic (exact) mass is 215 g/mol. The third kappa shape index (κ3) is 2.66. The lowest BCUT2D eigenvalue weighted by atomic mass is 10.1. The minimum absolute atomic E-state index is 0.0433. The molecule has 0 saturated carbocycles. The fourth-order valence-corrected chi connectivity index (χ4v) is 1.27. The molecule has 0 aliphatic carbocycles. The van der Waals surface area contributed by atoms with Crippen LogP contribution < -0.4 is 16.4 Å². The Morgan fingerprint density at radius 2 is 2.43 bits per heavy atom. The normalized spacial score (nSPS) is 22.6. The fourth-order valence-electron chi connectivity index (χ4n) is 1.16. The summed E-state index contributed by atoms with van der Waals surface area (Å²) >= 11 is 4.69. The Balaban J connectivity index is 2.41. The third-order valence-corrected chi connectivity index (χ3v) is 2.50. The van der Waals surface area contributed by atoms with E-state index in [2.05, 4.69) is 10.6 Å². The molecule has 1 saturated heterocycles. The van der Waals surface area contributed by atoms with Crippen molar-refractivity contribution in [3.8, 4) is 0 Å². The molecular weight excluding hydrogens is 202 g/mol. The minimum Gasteiger partial charge on any atom is -0.393 e. The number of hydrogen-bond acceptors (Lipinski definition) is 3. The molecule has 0 aromatic carbocycles. The zero-order chi connectivity index (χ0) is 10.7. The molecule has 0 spiro atoms. The molecule has 2 atom stereocenters. The highest BCUT2D eigenvalue weighted by atomic mass is 32.1. The van der Waals surface area contributed by atoms with E-state index in [1.54, 1.807) is 6.92 Å². The average Bonchev–Trinajstić information content (AvgIpc) is 2.49. The Kier molecular flexibility index (Phi) is 3.40. The Morgan fingerprint density at radius 1 is 1.79 bits per heavy atom. The first-order valence-electron chi connectivity index (χ1n) is 4.37. The van der Waals surface area contributed by atoms with E-state index in [0.29, 0.717) is 13.0 Å². The summed E-state index contributed by atoms with van der Waals surface area (Å²) < 4.78 is 0. The Morgan fingerprint density at radius 3 is 2.86 bits per heavy atom. The van der Waals surface area contributed by atoms with Crippen molar-refractivity contribution in [3.63, 3.8) is 0 Å². The van der Waals surface area contributed by atoms with E-state index in [1.807, 2.05) is 0 Å². The van der Waals surface area contributed by atoms with Gasteiger partial charge in [0.15, 0.2) is 0 Å². The summed E-state index contributed by atoms with van der Waals surface area (Å²) in [5, 5.41) is 5.33. The highest BCUT2D eigenvalue weighted by Gasteiger charge is 2.25. The summed E-state index contributed by atoms with van der Waals surface area (Å²) in [4.78, 5) is 22.4. The van der Waals surface area contributed by atoms with Gasteiger partial charge in [0.25, 0.3) is 0 Å². The lowest BCUT2D eigenvalue weighted by Gasteiger charge is -2.14. The number of amides is 2. The van der Waals surface area contributed by atoms with Crippen LogP contribution in [-0.2, 0) is 9.59 Å². The van der Waals surface area contributed by atoms with Crippen LogP contribution in [0.2, 0.25) is 0 Å². The highest BCUT2D eigenvalue weighted by molar-refractivity contribution is 7.80. The molecule has 1 heterocycles. The summed E-state index contributed by atoms with van der Waals surface area (Å²) in [5.41, 5.74) is 5.33. The van der Waals surface area contributed by atoms with Crippen LogP contribution in [0.25, 0.3) is 0 Å². The number of thiocarbonyl (C=S) groups is 1. The number of rotatable bonds is 3. The van der Waals surface area contributed by atoms with Crippen LogP contribution in [0.15, 0.2) is 0 Å². The van der Waals surface area contributed by atoms with Crippen LogP contribution in [0.4, 0.5) is 0 Å². The number of carbonyl (C=O) groups excluding carboxylic acids is 2. The van der Waals surface area contributed by atoms with Gasteiger partial charge in [0.1, 0.15) is 0 Å². The van der Waals surface area contributed by atoms with Gasteiger partial charge in [-0.05, 0) is 6.92 Å². The molecule has 5 nitrogen and oxygen atoms in total. The van der Waals surface area contributed by atoms with E-state index < -0.39 is 5.92 Å². The standard InChI is InChI=1S/C8H13N3O2S/c1-4(7(9)14)8(13)11-5-2-6(12)10-3-5/h4-5H,2-3H2,1H3,(H2,9,14)(H,10,12)(H,11,13). The summed E-state index contributed by atoms with van der Waals surface area (Å²) in [6.07, 6.45) is 0.329. The molecular formula is C8H13N3O2S. The first-order valence-corrected chi connectivity index (χ1v) is 4.78. The van der Waals surface area contributed by atoms with E-state index >= 15 is 0 Å². The summed E-state index contributed by atoms with van der Waals surface area (Å²) in [6.45, 7) is 2.12. The van der Waals surface area contributed by atoms with Crippen LogP contribution in [-0.4, -0.2) is 29.4 Å². The zero-order valence-electron chi connectivity index (χ0n) is 7.87. The smallest absolute Gasteiger partial charge is 0.229 e. The molecule has 1 rings (SSSR count). The lowest BCUT2D eigenvalue weighted by molar-refractivity contribution is -0.123. The molecule has 4 N–H and O–H groups in total. The molecule has 1 fully saturated rings. The summed E-state index contributed by atoms with van der Waals surface area (Å²) in [5.74, 6) is -0.752. The highest BCUT2D eigenvalue weighted by Crippen LogP contribution is 2.02. The molecule has 6 heteroatoms. The molecule has 1 aliphatic heterocycles. The van der Waals surface area contributed by atoms with E-state index in [1.165, 1.54) is 0 Å². The number of nitrogens with one attached hydrogen (secondary N) is 2. The van der Waals surface area contributed by atoms with Gasteiger partial charge in [0.05, 0.1) is 16.9 Å². The Bertz CT molecular complexity index is 280. The van der Waals surface area contributed by atoms with Crippen molar-refractivity contribution in [3.05, 3.63) is 0 Å². The van der Waals surface area contributed by atoms with Crippen molar-refractivity contribution < 1.29 is 9.59 Å². The number of carbonyl (C=O) groups is 2. The second kappa shape index (κ2) is 4.36. The topological polar surface area (TPSA) is 84.2 Å². The van der Waals surface area contributed by atoms with Gasteiger partial charge in [-0.25, -0.2) is 0 Å². The van der Waals surface area contributed by atoms with Crippen LogP contribution in [0.1, 0.15) is 13.3 Å². The maximum absolute atomic E-state index is 11.4. The van der Waals surface area contributed by atoms with Crippen molar-refractivity contribution in [1.29, 1.82) is 0 Å². The predicted molar refractivity (Wildman–Crippen MR) is 55.5 cm³/mol. The van der Waals surface area contributed by atoms with Gasteiger partial charge in [-0.15, -0.1) is 0 Å². The van der Waals surface area contributed by atoms with Crippen molar-refractivity contribution in [2.24, 2.45) is 11.7 Å². The molecule has 2 amide bonds. The molecule has 0 bridgehead atoms. The summed E-state index contributed by atoms with van der Waals surface area (Å²) in [7, 11) is 0. The minimum atomic E-state index is -0.485. The number of hydrogen-bond donors (Lipinski definition) is 3. The van der Waals surface area contributed by atoms with Crippen LogP contribution in [0.3, 0.4) is 0 Å². The largest absolute Gasteiger partial charge is 0.393 e. The Labute approximate surface area is 87.4 Å². The molecule has 78 valence electrons. The molecule has 0 aromatic heterocycles. The maximum Gasteiger partial charge on any atom is 0.229 e. The fraction of sp³-hybridized carbons (Fsp3) is 0.625. The first kappa shape index (κ1) is 10.9. The van der Waals surface area contributed by atoms with Gasteiger partial charge in [-0.3, -0.25) is 9.59 Å². The van der Waals surface area contributed by atoms with Gasteiger partial charge in [0.2, 0.25) is 11.8 Å². The van der Waals surface area contributed by atoms with Crippen molar-refractivity contribution in [2.75, 3.05) is 6.54 Å². The van der Waals surface area contributed by atoms with E-state index in [4.69, 9.17) is 18.0 Å². The Hall–Kier alpha value is -1.17. The molecule has 14 heavy (non-hydrogen) atoms. The predicted octanol–water partition coefficient (Wildman–Crippen LogP) is -1.09. The molecule has 0 radical (unpaired) electrons. The van der Waals surface area contributed by atoms with Gasteiger partial charge in [0, 0.05) is 13.0 Å². The number of nitrogens with two attached hydrogens (primary N) is 1. The summed E-state index contributed by atoms with van der Waals surface area (Å²) in [6, 6.07) is -0.133. The van der Waals surface area contributed by atoms with E-state index in [0.717, 1.165) is 0 Å².